The van der Waals surface area contributed by atoms with Crippen LogP contribution in [-0.2, 0) is 9.53 Å². The van der Waals surface area contributed by atoms with Crippen LogP contribution in [0, 0.1) is 0 Å². The topological polar surface area (TPSA) is 90.0 Å². The van der Waals surface area contributed by atoms with Gasteiger partial charge in [0.2, 0.25) is 0 Å². The average molecular weight is 353 g/mol. The van der Waals surface area contributed by atoms with Crippen LogP contribution in [0.4, 0.5) is 0 Å². The smallest absolute Gasteiger partial charge is 0.337 e. The molecule has 2 aromatic carbocycles. The van der Waals surface area contributed by atoms with Gasteiger partial charge in [-0.1, -0.05) is 12.1 Å². The maximum atomic E-state index is 12.2. The lowest BCUT2D eigenvalue weighted by atomic mass is 10.1. The fourth-order valence-electron chi connectivity index (χ4n) is 2.60. The Morgan fingerprint density at radius 3 is 2.04 bits per heavy atom. The van der Waals surface area contributed by atoms with Gasteiger partial charge in [-0.05, 0) is 36.4 Å². The van der Waals surface area contributed by atoms with Gasteiger partial charge in [-0.15, -0.1) is 0 Å². The number of nitrogens with zero attached hydrogens (tertiary/aromatic N) is 1. The molecule has 1 aliphatic heterocycles. The van der Waals surface area contributed by atoms with Crippen LogP contribution in [0.15, 0.2) is 48.5 Å². The number of methoxy groups -OCH3 is 1. The third-order valence-electron chi connectivity index (χ3n) is 3.92. The number of hydrogen-bond donors (Lipinski definition) is 0. The van der Waals surface area contributed by atoms with Crippen molar-refractivity contribution >= 4 is 23.8 Å². The third kappa shape index (κ3) is 3.32. The molecule has 132 valence electrons. The van der Waals surface area contributed by atoms with E-state index in [1.165, 1.54) is 31.4 Å². The van der Waals surface area contributed by atoms with Crippen molar-refractivity contribution in [2.45, 2.75) is 6.42 Å². The SMILES string of the molecule is COC(=O)c1ccc(OC(=O)CCN2C(=O)c3ccccc3C2=O)cc1. The Hall–Kier alpha value is -3.48. The maximum Gasteiger partial charge on any atom is 0.337 e. The molecule has 0 aromatic heterocycles. The summed E-state index contributed by atoms with van der Waals surface area (Å²) >= 11 is 0. The quantitative estimate of drug-likeness (QED) is 0.464. The summed E-state index contributed by atoms with van der Waals surface area (Å²) < 4.78 is 9.73. The summed E-state index contributed by atoms with van der Waals surface area (Å²) in [5.74, 6) is -1.66. The molecule has 2 amide bonds. The minimum absolute atomic E-state index is 0.0641. The van der Waals surface area contributed by atoms with Crippen molar-refractivity contribution in [3.63, 3.8) is 0 Å². The molecule has 0 fully saturated rings. The van der Waals surface area contributed by atoms with Crippen LogP contribution >= 0.6 is 0 Å². The van der Waals surface area contributed by atoms with Gasteiger partial charge in [0.15, 0.2) is 0 Å². The number of imide groups is 1. The van der Waals surface area contributed by atoms with Crippen LogP contribution in [0.1, 0.15) is 37.5 Å². The van der Waals surface area contributed by atoms with Gasteiger partial charge in [-0.2, -0.15) is 0 Å². The van der Waals surface area contributed by atoms with Crippen LogP contribution < -0.4 is 4.74 Å². The molecule has 0 unspecified atom stereocenters. The molecule has 0 radical (unpaired) electrons. The highest BCUT2D eigenvalue weighted by molar-refractivity contribution is 6.21. The predicted molar refractivity (Wildman–Crippen MR) is 89.8 cm³/mol. The van der Waals surface area contributed by atoms with Crippen molar-refractivity contribution in [3.8, 4) is 5.75 Å². The zero-order chi connectivity index (χ0) is 18.7. The van der Waals surface area contributed by atoms with Crippen LogP contribution in [-0.4, -0.2) is 42.3 Å². The number of fused-ring (bicyclic) bond motifs is 1. The van der Waals surface area contributed by atoms with Gasteiger partial charge in [0.05, 0.1) is 30.2 Å². The number of rotatable bonds is 5. The molecule has 0 atom stereocenters. The normalized spacial score (nSPS) is 12.7. The van der Waals surface area contributed by atoms with Gasteiger partial charge in [0.1, 0.15) is 5.75 Å². The minimum Gasteiger partial charge on any atom is -0.465 e. The Morgan fingerprint density at radius 1 is 0.923 bits per heavy atom. The van der Waals surface area contributed by atoms with E-state index in [0.717, 1.165) is 4.90 Å². The second-order valence-corrected chi connectivity index (χ2v) is 5.55. The Kier molecular flexibility index (Phi) is 4.79. The lowest BCUT2D eigenvalue weighted by Crippen LogP contribution is -2.32. The van der Waals surface area contributed by atoms with Crippen molar-refractivity contribution in [2.24, 2.45) is 0 Å². The Balaban J connectivity index is 1.57. The van der Waals surface area contributed by atoms with Crippen molar-refractivity contribution in [3.05, 3.63) is 65.2 Å². The number of ether oxygens (including phenoxy) is 2. The average Bonchev–Trinajstić information content (AvgIpc) is 2.91. The van der Waals surface area contributed by atoms with E-state index in [0.29, 0.717) is 16.7 Å². The highest BCUT2D eigenvalue weighted by Crippen LogP contribution is 2.22. The molecule has 0 aliphatic carbocycles. The van der Waals surface area contributed by atoms with Crippen molar-refractivity contribution in [2.75, 3.05) is 13.7 Å². The Labute approximate surface area is 149 Å². The molecule has 0 saturated carbocycles. The van der Waals surface area contributed by atoms with Crippen LogP contribution in [0.5, 0.6) is 5.75 Å². The molecular weight excluding hydrogens is 338 g/mol. The summed E-state index contributed by atoms with van der Waals surface area (Å²) in [4.78, 5) is 48.8. The molecule has 2 aromatic rings. The highest BCUT2D eigenvalue weighted by Gasteiger charge is 2.35. The van der Waals surface area contributed by atoms with Crippen LogP contribution in [0.3, 0.4) is 0 Å². The number of hydrogen-bond acceptors (Lipinski definition) is 6. The summed E-state index contributed by atoms with van der Waals surface area (Å²) in [7, 11) is 1.27. The first-order valence-electron chi connectivity index (χ1n) is 7.85. The summed E-state index contributed by atoms with van der Waals surface area (Å²) in [5.41, 5.74) is 1.01. The van der Waals surface area contributed by atoms with E-state index < -0.39 is 23.8 Å². The minimum atomic E-state index is -0.590. The van der Waals surface area contributed by atoms with Crippen molar-refractivity contribution < 1.29 is 28.7 Å². The second kappa shape index (κ2) is 7.18. The number of carbonyl (C=O) groups is 4. The number of carbonyl (C=O) groups excluding carboxylic acids is 4. The zero-order valence-corrected chi connectivity index (χ0v) is 13.9. The molecule has 0 spiro atoms. The lowest BCUT2D eigenvalue weighted by Gasteiger charge is -2.13. The first-order valence-corrected chi connectivity index (χ1v) is 7.85. The zero-order valence-electron chi connectivity index (χ0n) is 13.9. The molecule has 7 heteroatoms. The molecule has 0 saturated heterocycles. The van der Waals surface area contributed by atoms with E-state index >= 15 is 0 Å². The van der Waals surface area contributed by atoms with Gasteiger partial charge in [-0.3, -0.25) is 19.3 Å². The predicted octanol–water partition coefficient (Wildman–Crippen LogP) is 2.06. The molecule has 1 heterocycles. The molecule has 26 heavy (non-hydrogen) atoms. The fraction of sp³-hybridized carbons (Fsp3) is 0.158. The first kappa shape index (κ1) is 17.3. The molecule has 1 aliphatic rings. The van der Waals surface area contributed by atoms with E-state index in [9.17, 15) is 19.2 Å². The fourth-order valence-corrected chi connectivity index (χ4v) is 2.60. The Morgan fingerprint density at radius 2 is 1.50 bits per heavy atom. The van der Waals surface area contributed by atoms with Gasteiger partial charge >= 0.3 is 11.9 Å². The van der Waals surface area contributed by atoms with E-state index in [1.54, 1.807) is 24.3 Å². The van der Waals surface area contributed by atoms with Gasteiger partial charge in [0, 0.05) is 6.54 Å². The van der Waals surface area contributed by atoms with Gasteiger partial charge in [-0.25, -0.2) is 4.79 Å². The van der Waals surface area contributed by atoms with E-state index in [-0.39, 0.29) is 18.7 Å². The van der Waals surface area contributed by atoms with Crippen molar-refractivity contribution in [1.82, 2.24) is 4.90 Å². The summed E-state index contributed by atoms with van der Waals surface area (Å²) in [6, 6.07) is 12.4. The summed E-state index contributed by atoms with van der Waals surface area (Å²) in [5, 5.41) is 0. The summed E-state index contributed by atoms with van der Waals surface area (Å²) in [6.45, 7) is -0.0641. The number of benzene rings is 2. The molecular formula is C19H15NO6. The molecule has 7 nitrogen and oxygen atoms in total. The Bertz CT molecular complexity index is 852. The van der Waals surface area contributed by atoms with E-state index in [2.05, 4.69) is 4.74 Å². The highest BCUT2D eigenvalue weighted by atomic mass is 16.5. The van der Waals surface area contributed by atoms with Crippen LogP contribution in [0.2, 0.25) is 0 Å². The first-order chi connectivity index (χ1) is 12.5. The van der Waals surface area contributed by atoms with Crippen molar-refractivity contribution in [1.29, 1.82) is 0 Å². The third-order valence-corrected chi connectivity index (χ3v) is 3.92. The number of esters is 2. The molecule has 3 rings (SSSR count). The lowest BCUT2D eigenvalue weighted by molar-refractivity contribution is -0.134. The monoisotopic (exact) mass is 353 g/mol. The second-order valence-electron chi connectivity index (χ2n) is 5.55. The largest absolute Gasteiger partial charge is 0.465 e. The van der Waals surface area contributed by atoms with E-state index in [4.69, 9.17) is 4.74 Å². The standard InChI is InChI=1S/C19H15NO6/c1-25-19(24)12-6-8-13(9-7-12)26-16(21)10-11-20-17(22)14-4-2-3-5-15(14)18(20)23/h2-9H,10-11H2,1H3. The van der Waals surface area contributed by atoms with Gasteiger partial charge < -0.3 is 9.47 Å². The number of amides is 2. The van der Waals surface area contributed by atoms with Crippen LogP contribution in [0.25, 0.3) is 0 Å². The van der Waals surface area contributed by atoms with E-state index in [1.807, 2.05) is 0 Å². The molecule has 0 N–H and O–H groups in total. The maximum absolute atomic E-state index is 12.2. The molecule has 0 bridgehead atoms. The van der Waals surface area contributed by atoms with Gasteiger partial charge in [0.25, 0.3) is 11.8 Å². The summed E-state index contributed by atoms with van der Waals surface area (Å²) in [6.07, 6.45) is -0.135.